The van der Waals surface area contributed by atoms with Gasteiger partial charge in [-0.15, -0.1) is 5.10 Å². The molecule has 1 atom stereocenters. The van der Waals surface area contributed by atoms with Crippen LogP contribution in [0, 0.1) is 0 Å². The molecule has 0 saturated carbocycles. The van der Waals surface area contributed by atoms with Crippen LogP contribution in [0.3, 0.4) is 0 Å². The number of thioether (sulfide) groups is 1. The number of aliphatic carboxylic acids is 1. The normalized spacial score (nSPS) is 18.5. The minimum atomic E-state index is -2.65. The predicted octanol–water partition coefficient (Wildman–Crippen LogP) is 1.74. The number of carbonyl (C=O) groups excluding carboxylic acids is 1. The molecule has 1 aliphatic heterocycles. The molecule has 1 aromatic carbocycles. The average molecular weight is 387 g/mol. The highest BCUT2D eigenvalue weighted by Crippen LogP contribution is 2.30. The summed E-state index contributed by atoms with van der Waals surface area (Å²) in [6, 6.07) is 4.74. The van der Waals surface area contributed by atoms with Crippen LogP contribution in [0.4, 0.5) is 8.78 Å². The number of carboxylic acid groups (broad SMARTS) is 1. The number of halogens is 2. The maximum absolute atomic E-state index is 12.4. The Morgan fingerprint density at radius 1 is 1.50 bits per heavy atom. The van der Waals surface area contributed by atoms with Crippen LogP contribution in [-0.4, -0.2) is 53.8 Å². The largest absolute Gasteiger partial charge is 0.493 e. The lowest BCUT2D eigenvalue weighted by atomic mass is 10.2. The molecule has 8 nitrogen and oxygen atoms in total. The highest BCUT2D eigenvalue weighted by molar-refractivity contribution is 8.15. The number of ether oxygens (including phenoxy) is 2. The Hall–Kier alpha value is -2.69. The molecule has 26 heavy (non-hydrogen) atoms. The van der Waals surface area contributed by atoms with Crippen molar-refractivity contribution in [3.63, 3.8) is 0 Å². The Kier molecular flexibility index (Phi) is 6.89. The SMILES string of the molecule is COc1cccc(C=NN=C2NC(=O)C(CC(=O)O)S2)c1OCC(F)F. The van der Waals surface area contributed by atoms with Crippen LogP contribution in [0.15, 0.2) is 28.4 Å². The van der Waals surface area contributed by atoms with Crippen molar-refractivity contribution in [2.24, 2.45) is 10.2 Å². The first-order chi connectivity index (χ1) is 12.4. The van der Waals surface area contributed by atoms with Gasteiger partial charge in [-0.25, -0.2) is 8.78 Å². The van der Waals surface area contributed by atoms with Gasteiger partial charge in [-0.1, -0.05) is 17.8 Å². The highest BCUT2D eigenvalue weighted by Gasteiger charge is 2.32. The van der Waals surface area contributed by atoms with E-state index in [9.17, 15) is 18.4 Å². The van der Waals surface area contributed by atoms with Gasteiger partial charge < -0.3 is 19.9 Å². The van der Waals surface area contributed by atoms with Crippen LogP contribution in [0.1, 0.15) is 12.0 Å². The van der Waals surface area contributed by atoms with E-state index in [2.05, 4.69) is 15.5 Å². The van der Waals surface area contributed by atoms with Crippen molar-refractivity contribution in [2.75, 3.05) is 13.7 Å². The third-order valence-electron chi connectivity index (χ3n) is 3.06. The fraction of sp³-hybridized carbons (Fsp3) is 0.333. The molecular weight excluding hydrogens is 372 g/mol. The first kappa shape index (κ1) is 19.6. The number of amidine groups is 1. The lowest BCUT2D eigenvalue weighted by Gasteiger charge is -2.12. The molecule has 140 valence electrons. The van der Waals surface area contributed by atoms with E-state index in [-0.39, 0.29) is 23.1 Å². The monoisotopic (exact) mass is 387 g/mol. The van der Waals surface area contributed by atoms with Crippen molar-refractivity contribution in [1.82, 2.24) is 5.32 Å². The van der Waals surface area contributed by atoms with Crippen molar-refractivity contribution >= 4 is 35.0 Å². The Balaban J connectivity index is 2.12. The number of methoxy groups -OCH3 is 1. The Morgan fingerprint density at radius 2 is 2.27 bits per heavy atom. The molecule has 2 N–H and O–H groups in total. The number of alkyl halides is 2. The van der Waals surface area contributed by atoms with Gasteiger partial charge in [0.25, 0.3) is 6.43 Å². The summed E-state index contributed by atoms with van der Waals surface area (Å²) < 4.78 is 34.9. The number of hydrogen-bond donors (Lipinski definition) is 2. The Morgan fingerprint density at radius 3 is 2.92 bits per heavy atom. The molecule has 1 aliphatic rings. The lowest BCUT2D eigenvalue weighted by Crippen LogP contribution is -2.26. The van der Waals surface area contributed by atoms with E-state index >= 15 is 0 Å². The summed E-state index contributed by atoms with van der Waals surface area (Å²) in [6.45, 7) is -0.807. The van der Waals surface area contributed by atoms with Gasteiger partial charge in [0.15, 0.2) is 16.7 Å². The lowest BCUT2D eigenvalue weighted by molar-refractivity contribution is -0.138. The van der Waals surface area contributed by atoms with E-state index < -0.39 is 30.2 Å². The van der Waals surface area contributed by atoms with Crippen LogP contribution < -0.4 is 14.8 Å². The minimum Gasteiger partial charge on any atom is -0.493 e. The van der Waals surface area contributed by atoms with Crippen LogP contribution in [0.2, 0.25) is 0 Å². The van der Waals surface area contributed by atoms with Crippen LogP contribution in [0.25, 0.3) is 0 Å². The summed E-state index contributed by atoms with van der Waals surface area (Å²) in [5.41, 5.74) is 0.353. The molecule has 0 aromatic heterocycles. The quantitative estimate of drug-likeness (QED) is 0.519. The molecule has 0 aliphatic carbocycles. The summed E-state index contributed by atoms with van der Waals surface area (Å²) >= 11 is 0.948. The highest BCUT2D eigenvalue weighted by atomic mass is 32.2. The fourth-order valence-electron chi connectivity index (χ4n) is 1.98. The standard InChI is InChI=1S/C15H15F2N3O5S/c1-24-9-4-2-3-8(13(9)25-7-11(16)17)6-18-20-15-19-14(23)10(26-15)5-12(21)22/h2-4,6,10-11H,5,7H2,1H3,(H,21,22)(H,19,20,23). The van der Waals surface area contributed by atoms with Crippen molar-refractivity contribution in [3.8, 4) is 11.5 Å². The first-order valence-electron chi connectivity index (χ1n) is 7.29. The number of carbonyl (C=O) groups is 2. The number of benzene rings is 1. The number of nitrogens with one attached hydrogen (secondary N) is 1. The summed E-state index contributed by atoms with van der Waals surface area (Å²) in [6.07, 6.45) is -1.73. The maximum atomic E-state index is 12.4. The van der Waals surface area contributed by atoms with Crippen LogP contribution in [-0.2, 0) is 9.59 Å². The molecule has 0 bridgehead atoms. The smallest absolute Gasteiger partial charge is 0.305 e. The van der Waals surface area contributed by atoms with Crippen LogP contribution >= 0.6 is 11.8 Å². The van der Waals surface area contributed by atoms with E-state index in [1.807, 2.05) is 0 Å². The van der Waals surface area contributed by atoms with E-state index in [0.717, 1.165) is 11.8 Å². The molecule has 1 heterocycles. The zero-order chi connectivity index (χ0) is 19.1. The van der Waals surface area contributed by atoms with E-state index in [1.54, 1.807) is 18.2 Å². The Labute approximate surface area is 151 Å². The van der Waals surface area contributed by atoms with Gasteiger partial charge in [-0.2, -0.15) is 5.10 Å². The second kappa shape index (κ2) is 9.13. The number of carboxylic acids is 1. The van der Waals surface area contributed by atoms with Gasteiger partial charge in [0.2, 0.25) is 5.91 Å². The van der Waals surface area contributed by atoms with Gasteiger partial charge in [-0.3, -0.25) is 9.59 Å². The zero-order valence-electron chi connectivity index (χ0n) is 13.5. The topological polar surface area (TPSA) is 110 Å². The van der Waals surface area contributed by atoms with Gasteiger partial charge in [-0.05, 0) is 12.1 Å². The number of para-hydroxylation sites is 1. The van der Waals surface area contributed by atoms with Gasteiger partial charge in [0, 0.05) is 5.56 Å². The molecule has 1 amide bonds. The molecule has 1 aromatic rings. The minimum absolute atomic E-state index is 0.0890. The fourth-order valence-corrected chi connectivity index (χ4v) is 2.90. The van der Waals surface area contributed by atoms with Crippen molar-refractivity contribution in [3.05, 3.63) is 23.8 Å². The van der Waals surface area contributed by atoms with E-state index in [0.29, 0.717) is 5.56 Å². The van der Waals surface area contributed by atoms with E-state index in [1.165, 1.54) is 13.3 Å². The third kappa shape index (κ3) is 5.41. The number of hydrogen-bond acceptors (Lipinski definition) is 7. The molecular formula is C15H15F2N3O5S. The summed E-state index contributed by atoms with van der Waals surface area (Å²) in [4.78, 5) is 22.3. The number of amides is 1. The second-order valence-corrected chi connectivity index (χ2v) is 6.12. The maximum Gasteiger partial charge on any atom is 0.305 e. The summed E-state index contributed by atoms with van der Waals surface area (Å²) in [5.74, 6) is -1.22. The van der Waals surface area contributed by atoms with Crippen molar-refractivity contribution < 1.29 is 33.0 Å². The predicted molar refractivity (Wildman–Crippen MR) is 91.3 cm³/mol. The third-order valence-corrected chi connectivity index (χ3v) is 4.14. The molecule has 11 heteroatoms. The zero-order valence-corrected chi connectivity index (χ0v) is 14.3. The van der Waals surface area contributed by atoms with Crippen molar-refractivity contribution in [1.29, 1.82) is 0 Å². The van der Waals surface area contributed by atoms with E-state index in [4.69, 9.17) is 14.6 Å². The van der Waals surface area contributed by atoms with Gasteiger partial charge in [0.05, 0.1) is 19.7 Å². The average Bonchev–Trinajstić information content (AvgIpc) is 2.92. The molecule has 1 unspecified atom stereocenters. The second-order valence-electron chi connectivity index (χ2n) is 4.92. The molecule has 0 radical (unpaired) electrons. The van der Waals surface area contributed by atoms with Gasteiger partial charge >= 0.3 is 5.97 Å². The van der Waals surface area contributed by atoms with Crippen LogP contribution in [0.5, 0.6) is 11.5 Å². The summed E-state index contributed by atoms with van der Waals surface area (Å²) in [7, 11) is 1.37. The molecule has 0 spiro atoms. The van der Waals surface area contributed by atoms with Crippen molar-refractivity contribution in [2.45, 2.75) is 18.1 Å². The first-order valence-corrected chi connectivity index (χ1v) is 8.17. The molecule has 1 fully saturated rings. The van der Waals surface area contributed by atoms with Gasteiger partial charge in [0.1, 0.15) is 11.9 Å². The molecule has 2 rings (SSSR count). The Bertz CT molecular complexity index is 742. The number of rotatable bonds is 8. The number of nitrogens with zero attached hydrogens (tertiary/aromatic N) is 2. The molecule has 1 saturated heterocycles. The summed E-state index contributed by atoms with van der Waals surface area (Å²) in [5, 5.41) is 18.1.